The van der Waals surface area contributed by atoms with Crippen molar-refractivity contribution in [3.8, 4) is 5.75 Å². The number of aliphatic hydroxyl groups is 1. The summed E-state index contributed by atoms with van der Waals surface area (Å²) in [5.41, 5.74) is 3.15. The average Bonchev–Trinajstić information content (AvgIpc) is 3.88. The number of aromatic nitrogens is 3. The third-order valence-electron chi connectivity index (χ3n) is 12.0. The average molecular weight is 793 g/mol. The van der Waals surface area contributed by atoms with Crippen LogP contribution in [0.2, 0.25) is 18.6 Å². The Hall–Kier alpha value is -5.18. The van der Waals surface area contributed by atoms with E-state index in [0.717, 1.165) is 28.3 Å². The lowest BCUT2D eigenvalue weighted by molar-refractivity contribution is -0.146. The molecule has 0 bridgehead atoms. The molecule has 1 N–H and O–H groups in total. The van der Waals surface area contributed by atoms with Gasteiger partial charge < -0.3 is 24.2 Å². The fourth-order valence-electron chi connectivity index (χ4n) is 9.09. The summed E-state index contributed by atoms with van der Waals surface area (Å²) in [4.78, 5) is 42.7. The Bertz CT molecular complexity index is 2120. The monoisotopic (exact) mass is 792 g/mol. The van der Waals surface area contributed by atoms with Gasteiger partial charge in [0, 0.05) is 63.1 Å². The minimum absolute atomic E-state index is 0.0151. The quantitative estimate of drug-likeness (QED) is 0.0956. The molecule has 3 aliphatic heterocycles. The number of fused-ring (bicyclic) bond motifs is 2. The first-order valence-corrected chi connectivity index (χ1v) is 22.9. The number of hydrogen-bond donors (Lipinski definition) is 1. The topological polar surface area (TPSA) is 149 Å². The fraction of sp³-hybridized carbons (Fsp3) is 0.442. The standard InChI is InChI=1S/C43H52N6O7Si/c1-29-41(57(4,5)34-17-15-33(54-2)16-18-34)38(22-25-47-28-31(23-26-50)44-46-47)56-43(29)35-27-32(49-39(51)21-19-36(45-49)30-11-7-6-8-12-30)14-20-37(35)48(42(43)53)24-10-9-13-40(52)55-3/h6-8,11-12,14-18,20,27-29,38,41,50H,9-10,13,19,21-26H2,1-5H3/t29-,38+,41-,43+/m0/s1. The fourth-order valence-corrected chi connectivity index (χ4v) is 13.2. The maximum absolute atomic E-state index is 15.3. The first kappa shape index (κ1) is 40.0. The van der Waals surface area contributed by atoms with Crippen molar-refractivity contribution in [3.63, 3.8) is 0 Å². The van der Waals surface area contributed by atoms with Gasteiger partial charge in [-0.25, -0.2) is 5.01 Å². The highest BCUT2D eigenvalue weighted by Crippen LogP contribution is 2.60. The minimum Gasteiger partial charge on any atom is -0.497 e. The van der Waals surface area contributed by atoms with Crippen LogP contribution in [0.15, 0.2) is 84.1 Å². The van der Waals surface area contributed by atoms with Crippen LogP contribution in [0.1, 0.15) is 62.3 Å². The van der Waals surface area contributed by atoms with Crippen LogP contribution in [0, 0.1) is 5.92 Å². The van der Waals surface area contributed by atoms with Crippen LogP contribution in [-0.2, 0) is 42.4 Å². The molecule has 2 amide bonds. The molecule has 300 valence electrons. The van der Waals surface area contributed by atoms with Crippen LogP contribution in [0.3, 0.4) is 0 Å². The number of methoxy groups -OCH3 is 2. The lowest BCUT2D eigenvalue weighted by Gasteiger charge is -2.37. The zero-order valence-corrected chi connectivity index (χ0v) is 34.4. The molecule has 3 aromatic carbocycles. The second-order valence-electron chi connectivity index (χ2n) is 15.7. The van der Waals surface area contributed by atoms with Crippen LogP contribution in [-0.4, -0.2) is 85.1 Å². The van der Waals surface area contributed by atoms with Crippen molar-refractivity contribution in [2.45, 2.75) is 88.8 Å². The number of nitrogens with zero attached hydrogens (tertiary/aromatic N) is 6. The van der Waals surface area contributed by atoms with E-state index < -0.39 is 13.7 Å². The summed E-state index contributed by atoms with van der Waals surface area (Å²) in [5.74, 6) is -0.0421. The zero-order valence-electron chi connectivity index (χ0n) is 33.4. The number of aliphatic hydroxyl groups excluding tert-OH is 1. The van der Waals surface area contributed by atoms with E-state index in [1.807, 2.05) is 71.8 Å². The number of carbonyl (C=O) groups is 3. The van der Waals surface area contributed by atoms with Crippen LogP contribution in [0.25, 0.3) is 0 Å². The molecule has 14 heteroatoms. The first-order valence-electron chi connectivity index (χ1n) is 19.8. The number of rotatable bonds is 15. The Morgan fingerprint density at radius 3 is 2.49 bits per heavy atom. The number of aryl methyl sites for hydroxylation is 1. The van der Waals surface area contributed by atoms with Crippen molar-refractivity contribution in [1.82, 2.24) is 15.0 Å². The summed E-state index contributed by atoms with van der Waals surface area (Å²) in [7, 11) is 0.596. The molecule has 57 heavy (non-hydrogen) atoms. The van der Waals surface area contributed by atoms with Gasteiger partial charge in [-0.15, -0.1) is 5.10 Å². The van der Waals surface area contributed by atoms with E-state index in [1.54, 1.807) is 11.8 Å². The van der Waals surface area contributed by atoms with Gasteiger partial charge >= 0.3 is 5.97 Å². The third-order valence-corrected chi connectivity index (χ3v) is 16.4. The van der Waals surface area contributed by atoms with E-state index >= 15 is 4.79 Å². The molecule has 0 saturated carbocycles. The number of esters is 1. The predicted octanol–water partition coefficient (Wildman–Crippen LogP) is 5.35. The molecule has 4 atom stereocenters. The molecule has 13 nitrogen and oxygen atoms in total. The van der Waals surface area contributed by atoms with Crippen molar-refractivity contribution in [2.24, 2.45) is 11.0 Å². The molecule has 1 aromatic heterocycles. The van der Waals surface area contributed by atoms with Crippen molar-refractivity contribution in [1.29, 1.82) is 0 Å². The smallest absolute Gasteiger partial charge is 0.305 e. The van der Waals surface area contributed by atoms with Crippen molar-refractivity contribution in [3.05, 3.63) is 95.8 Å². The summed E-state index contributed by atoms with van der Waals surface area (Å²) in [5, 5.41) is 25.6. The number of ether oxygens (including phenoxy) is 3. The Labute approximate surface area is 334 Å². The van der Waals surface area contributed by atoms with Crippen LogP contribution < -0.4 is 19.8 Å². The normalized spacial score (nSPS) is 21.9. The van der Waals surface area contributed by atoms with Crippen LogP contribution >= 0.6 is 0 Å². The Morgan fingerprint density at radius 2 is 1.77 bits per heavy atom. The number of unbranched alkanes of at least 4 members (excludes halogenated alkanes) is 1. The highest BCUT2D eigenvalue weighted by Gasteiger charge is 2.66. The highest BCUT2D eigenvalue weighted by molar-refractivity contribution is 6.91. The van der Waals surface area contributed by atoms with Crippen LogP contribution in [0.4, 0.5) is 11.4 Å². The molecule has 1 saturated heterocycles. The molecule has 4 aromatic rings. The van der Waals surface area contributed by atoms with E-state index in [2.05, 4.69) is 42.5 Å². The molecule has 0 aliphatic carbocycles. The van der Waals surface area contributed by atoms with Gasteiger partial charge in [-0.1, -0.05) is 72.9 Å². The van der Waals surface area contributed by atoms with Crippen molar-refractivity contribution in [2.75, 3.05) is 37.3 Å². The number of benzene rings is 3. The zero-order chi connectivity index (χ0) is 40.3. The molecule has 0 radical (unpaired) electrons. The van der Waals surface area contributed by atoms with Gasteiger partial charge in [0.05, 0.1) is 51.2 Å². The minimum atomic E-state index is -2.44. The second-order valence-corrected chi connectivity index (χ2v) is 20.4. The lowest BCUT2D eigenvalue weighted by Crippen LogP contribution is -2.52. The molecule has 0 unspecified atom stereocenters. The lowest BCUT2D eigenvalue weighted by atomic mass is 9.82. The number of hydrazone groups is 1. The van der Waals surface area contributed by atoms with Crippen molar-refractivity contribution < 1.29 is 33.7 Å². The van der Waals surface area contributed by atoms with E-state index in [1.165, 1.54) is 17.3 Å². The Kier molecular flexibility index (Phi) is 11.8. The molecule has 1 fully saturated rings. The maximum Gasteiger partial charge on any atom is 0.305 e. The number of carbonyl (C=O) groups excluding carboxylic acids is 3. The summed E-state index contributed by atoms with van der Waals surface area (Å²) in [6.45, 7) is 7.71. The van der Waals surface area contributed by atoms with Gasteiger partial charge in [0.1, 0.15) is 5.75 Å². The predicted molar refractivity (Wildman–Crippen MR) is 219 cm³/mol. The number of amides is 2. The molecular formula is C43H52N6O7Si. The largest absolute Gasteiger partial charge is 0.497 e. The Balaban J connectivity index is 1.31. The highest BCUT2D eigenvalue weighted by atomic mass is 28.3. The maximum atomic E-state index is 15.3. The van der Waals surface area contributed by atoms with E-state index in [0.29, 0.717) is 63.0 Å². The molecule has 3 aliphatic rings. The Morgan fingerprint density at radius 1 is 1.00 bits per heavy atom. The number of anilines is 2. The van der Waals surface area contributed by atoms with Gasteiger partial charge in [-0.3, -0.25) is 19.1 Å². The molecule has 4 heterocycles. The third kappa shape index (κ3) is 7.65. The second kappa shape index (κ2) is 16.7. The van der Waals surface area contributed by atoms with Gasteiger partial charge in [-0.05, 0) is 60.7 Å². The molecule has 7 rings (SSSR count). The van der Waals surface area contributed by atoms with Crippen molar-refractivity contribution >= 4 is 48.1 Å². The first-order chi connectivity index (χ1) is 27.5. The van der Waals surface area contributed by atoms with Gasteiger partial charge in [0.15, 0.2) is 5.60 Å². The van der Waals surface area contributed by atoms with E-state index in [-0.39, 0.29) is 48.4 Å². The van der Waals surface area contributed by atoms with E-state index in [9.17, 15) is 14.7 Å². The molecule has 1 spiro atoms. The van der Waals surface area contributed by atoms with Gasteiger partial charge in [0.2, 0.25) is 5.91 Å². The van der Waals surface area contributed by atoms with E-state index in [4.69, 9.17) is 19.3 Å². The molecular weight excluding hydrogens is 741 g/mol. The number of hydrogen-bond acceptors (Lipinski definition) is 10. The van der Waals surface area contributed by atoms with Gasteiger partial charge in [0.25, 0.3) is 5.91 Å². The summed E-state index contributed by atoms with van der Waals surface area (Å²) in [6, 6.07) is 23.8. The van der Waals surface area contributed by atoms with Crippen LogP contribution in [0.5, 0.6) is 5.75 Å². The summed E-state index contributed by atoms with van der Waals surface area (Å²) < 4.78 is 19.5. The summed E-state index contributed by atoms with van der Waals surface area (Å²) in [6.07, 6.45) is 4.75. The SMILES string of the molecule is COC(=O)CCCCN1C(=O)[C@]2(O[C@H](CCn3cc(CCO)nn3)[C@@H]([Si](C)(C)c3ccc(OC)cc3)[C@@H]2C)c2cc(N3N=C(c4ccccc4)CCC3=O)ccc21. The summed E-state index contributed by atoms with van der Waals surface area (Å²) >= 11 is 0. The van der Waals surface area contributed by atoms with Gasteiger partial charge in [-0.2, -0.15) is 5.10 Å².